The summed E-state index contributed by atoms with van der Waals surface area (Å²) in [5.41, 5.74) is 6.24. The molecule has 0 fully saturated rings. The Balaban J connectivity index is 2.10. The molecule has 1 heterocycles. The van der Waals surface area contributed by atoms with Gasteiger partial charge in [0.05, 0.1) is 6.42 Å². The standard InChI is InChI=1S/C13H19N3O3/c14-11(13(18)19)5-1-2-7-16-12(17)8-10-4-3-6-15-9-10/h3-4,6,9,11H,1-2,5,7-8,14H2,(H,16,17)(H,18,19). The van der Waals surface area contributed by atoms with Gasteiger partial charge in [0, 0.05) is 18.9 Å². The van der Waals surface area contributed by atoms with E-state index in [-0.39, 0.29) is 5.91 Å². The summed E-state index contributed by atoms with van der Waals surface area (Å²) in [5.74, 6) is -1.05. The Kier molecular flexibility index (Phi) is 6.52. The van der Waals surface area contributed by atoms with Crippen LogP contribution in [0.4, 0.5) is 0 Å². The number of nitrogens with one attached hydrogen (secondary N) is 1. The highest BCUT2D eigenvalue weighted by molar-refractivity contribution is 5.78. The molecule has 6 nitrogen and oxygen atoms in total. The van der Waals surface area contributed by atoms with Crippen molar-refractivity contribution in [2.45, 2.75) is 31.7 Å². The third-order valence-electron chi connectivity index (χ3n) is 2.67. The molecule has 1 unspecified atom stereocenters. The highest BCUT2D eigenvalue weighted by Crippen LogP contribution is 1.99. The molecule has 4 N–H and O–H groups in total. The SMILES string of the molecule is NC(CCCCNC(=O)Cc1cccnc1)C(=O)O. The molecule has 6 heteroatoms. The fraction of sp³-hybridized carbons (Fsp3) is 0.462. The molecule has 19 heavy (non-hydrogen) atoms. The quantitative estimate of drug-likeness (QED) is 0.587. The molecular formula is C13H19N3O3. The Morgan fingerprint density at radius 1 is 1.42 bits per heavy atom. The minimum Gasteiger partial charge on any atom is -0.480 e. The molecule has 1 aromatic heterocycles. The van der Waals surface area contributed by atoms with Crippen LogP contribution in [-0.4, -0.2) is 34.6 Å². The van der Waals surface area contributed by atoms with E-state index in [0.29, 0.717) is 25.8 Å². The average Bonchev–Trinajstić information content (AvgIpc) is 2.39. The summed E-state index contributed by atoms with van der Waals surface area (Å²) in [6, 6.07) is 2.82. The number of rotatable bonds is 8. The monoisotopic (exact) mass is 265 g/mol. The minimum atomic E-state index is -0.986. The Morgan fingerprint density at radius 3 is 2.84 bits per heavy atom. The second-order valence-electron chi connectivity index (χ2n) is 4.33. The zero-order valence-electron chi connectivity index (χ0n) is 10.7. The summed E-state index contributed by atoms with van der Waals surface area (Å²) in [5, 5.41) is 11.4. The largest absolute Gasteiger partial charge is 0.480 e. The molecule has 1 amide bonds. The van der Waals surface area contributed by atoms with Gasteiger partial charge >= 0.3 is 5.97 Å². The van der Waals surface area contributed by atoms with Crippen LogP contribution in [0.5, 0.6) is 0 Å². The van der Waals surface area contributed by atoms with Crippen LogP contribution in [0.2, 0.25) is 0 Å². The van der Waals surface area contributed by atoms with Crippen molar-refractivity contribution in [3.63, 3.8) is 0 Å². The van der Waals surface area contributed by atoms with E-state index >= 15 is 0 Å². The van der Waals surface area contributed by atoms with Crippen molar-refractivity contribution < 1.29 is 14.7 Å². The van der Waals surface area contributed by atoms with Crippen molar-refractivity contribution in [1.29, 1.82) is 0 Å². The lowest BCUT2D eigenvalue weighted by molar-refractivity contribution is -0.138. The highest BCUT2D eigenvalue weighted by atomic mass is 16.4. The van der Waals surface area contributed by atoms with Crippen LogP contribution in [-0.2, 0) is 16.0 Å². The number of hydrogen-bond donors (Lipinski definition) is 3. The molecule has 0 saturated heterocycles. The number of hydrogen-bond acceptors (Lipinski definition) is 4. The molecule has 0 aromatic carbocycles. The van der Waals surface area contributed by atoms with E-state index in [2.05, 4.69) is 10.3 Å². The fourth-order valence-corrected chi connectivity index (χ4v) is 1.59. The molecule has 1 atom stereocenters. The number of aromatic nitrogens is 1. The van der Waals surface area contributed by atoms with Gasteiger partial charge in [-0.3, -0.25) is 14.6 Å². The number of nitrogens with zero attached hydrogens (tertiary/aromatic N) is 1. The van der Waals surface area contributed by atoms with Crippen LogP contribution in [0.15, 0.2) is 24.5 Å². The lowest BCUT2D eigenvalue weighted by atomic mass is 10.1. The predicted molar refractivity (Wildman–Crippen MR) is 70.4 cm³/mol. The lowest BCUT2D eigenvalue weighted by Crippen LogP contribution is -2.30. The summed E-state index contributed by atoms with van der Waals surface area (Å²) >= 11 is 0. The third kappa shape index (κ3) is 6.52. The maximum absolute atomic E-state index is 11.6. The van der Waals surface area contributed by atoms with Gasteiger partial charge in [0.25, 0.3) is 0 Å². The number of nitrogens with two attached hydrogens (primary N) is 1. The van der Waals surface area contributed by atoms with Crippen LogP contribution in [0.3, 0.4) is 0 Å². The first kappa shape index (κ1) is 15.1. The normalized spacial score (nSPS) is 11.8. The van der Waals surface area contributed by atoms with Gasteiger partial charge in [-0.2, -0.15) is 0 Å². The van der Waals surface area contributed by atoms with E-state index in [9.17, 15) is 9.59 Å². The molecule has 0 radical (unpaired) electrons. The van der Waals surface area contributed by atoms with E-state index in [4.69, 9.17) is 10.8 Å². The Morgan fingerprint density at radius 2 is 2.21 bits per heavy atom. The van der Waals surface area contributed by atoms with Gasteiger partial charge in [-0.25, -0.2) is 0 Å². The summed E-state index contributed by atoms with van der Waals surface area (Å²) in [7, 11) is 0. The number of carboxylic acids is 1. The van der Waals surface area contributed by atoms with Gasteiger partial charge in [-0.1, -0.05) is 6.07 Å². The second kappa shape index (κ2) is 8.20. The zero-order valence-corrected chi connectivity index (χ0v) is 10.7. The van der Waals surface area contributed by atoms with Gasteiger partial charge in [-0.15, -0.1) is 0 Å². The molecule has 0 bridgehead atoms. The Hall–Kier alpha value is -1.95. The minimum absolute atomic E-state index is 0.0597. The van der Waals surface area contributed by atoms with Gasteiger partial charge < -0.3 is 16.2 Å². The van der Waals surface area contributed by atoms with Crippen molar-refractivity contribution in [1.82, 2.24) is 10.3 Å². The molecule has 0 aliphatic carbocycles. The number of carbonyl (C=O) groups excluding carboxylic acids is 1. The zero-order chi connectivity index (χ0) is 14.1. The van der Waals surface area contributed by atoms with Crippen LogP contribution >= 0.6 is 0 Å². The van der Waals surface area contributed by atoms with Crippen molar-refractivity contribution in [2.24, 2.45) is 5.73 Å². The Labute approximate surface area is 112 Å². The molecule has 0 aliphatic heterocycles. The van der Waals surface area contributed by atoms with Gasteiger partial charge in [-0.05, 0) is 30.9 Å². The summed E-state index contributed by atoms with van der Waals surface area (Å²) in [4.78, 5) is 26.0. The van der Waals surface area contributed by atoms with E-state index < -0.39 is 12.0 Å². The predicted octanol–water partition coefficient (Wildman–Crippen LogP) is 0.322. The first-order chi connectivity index (χ1) is 9.09. The van der Waals surface area contributed by atoms with E-state index in [0.717, 1.165) is 12.0 Å². The topological polar surface area (TPSA) is 105 Å². The number of unbranched alkanes of at least 4 members (excludes halogenated alkanes) is 1. The number of amides is 1. The lowest BCUT2D eigenvalue weighted by Gasteiger charge is -2.07. The van der Waals surface area contributed by atoms with E-state index in [1.165, 1.54) is 0 Å². The number of carbonyl (C=O) groups is 2. The molecular weight excluding hydrogens is 246 g/mol. The van der Waals surface area contributed by atoms with Crippen LogP contribution < -0.4 is 11.1 Å². The first-order valence-electron chi connectivity index (χ1n) is 6.23. The van der Waals surface area contributed by atoms with Crippen LogP contribution in [0, 0.1) is 0 Å². The van der Waals surface area contributed by atoms with Gasteiger partial charge in [0.1, 0.15) is 6.04 Å². The van der Waals surface area contributed by atoms with Crippen molar-refractivity contribution in [2.75, 3.05) is 6.54 Å². The molecule has 0 spiro atoms. The summed E-state index contributed by atoms with van der Waals surface area (Å²) in [6.07, 6.45) is 5.45. The number of pyridine rings is 1. The van der Waals surface area contributed by atoms with E-state index in [1.54, 1.807) is 18.5 Å². The number of aliphatic carboxylic acids is 1. The van der Waals surface area contributed by atoms with Gasteiger partial charge in [0.15, 0.2) is 0 Å². The third-order valence-corrected chi connectivity index (χ3v) is 2.67. The summed E-state index contributed by atoms with van der Waals surface area (Å²) in [6.45, 7) is 0.533. The maximum atomic E-state index is 11.6. The molecule has 0 saturated carbocycles. The van der Waals surface area contributed by atoms with Gasteiger partial charge in [0.2, 0.25) is 5.91 Å². The summed E-state index contributed by atoms with van der Waals surface area (Å²) < 4.78 is 0. The van der Waals surface area contributed by atoms with Crippen LogP contribution in [0.1, 0.15) is 24.8 Å². The molecule has 1 aromatic rings. The number of carboxylic acid groups (broad SMARTS) is 1. The van der Waals surface area contributed by atoms with Crippen LogP contribution in [0.25, 0.3) is 0 Å². The van der Waals surface area contributed by atoms with Crippen molar-refractivity contribution >= 4 is 11.9 Å². The average molecular weight is 265 g/mol. The van der Waals surface area contributed by atoms with Crippen molar-refractivity contribution in [3.8, 4) is 0 Å². The van der Waals surface area contributed by atoms with E-state index in [1.807, 2.05) is 6.07 Å². The smallest absolute Gasteiger partial charge is 0.320 e. The van der Waals surface area contributed by atoms with Crippen molar-refractivity contribution in [3.05, 3.63) is 30.1 Å². The molecule has 0 aliphatic rings. The first-order valence-corrected chi connectivity index (χ1v) is 6.23. The Bertz CT molecular complexity index is 409. The second-order valence-corrected chi connectivity index (χ2v) is 4.33. The maximum Gasteiger partial charge on any atom is 0.320 e. The highest BCUT2D eigenvalue weighted by Gasteiger charge is 2.10. The molecule has 104 valence electrons. The fourth-order valence-electron chi connectivity index (χ4n) is 1.59. The molecule has 1 rings (SSSR count).